The third kappa shape index (κ3) is 5.17. The first-order valence-electron chi connectivity index (χ1n) is 9.52. The Kier molecular flexibility index (Phi) is 6.63. The fourth-order valence-electron chi connectivity index (χ4n) is 3.23. The molecule has 1 atom stereocenters. The van der Waals surface area contributed by atoms with Crippen molar-refractivity contribution in [3.05, 3.63) is 94.0 Å². The van der Waals surface area contributed by atoms with Gasteiger partial charge in [0.15, 0.2) is 5.78 Å². The van der Waals surface area contributed by atoms with Crippen LogP contribution in [0.4, 0.5) is 0 Å². The van der Waals surface area contributed by atoms with Crippen molar-refractivity contribution in [3.8, 4) is 11.1 Å². The van der Waals surface area contributed by atoms with E-state index in [2.05, 4.69) is 54.0 Å². The van der Waals surface area contributed by atoms with Gasteiger partial charge in [0, 0.05) is 16.5 Å². The maximum atomic E-state index is 13.0. The quantitative estimate of drug-likeness (QED) is 0.371. The van der Waals surface area contributed by atoms with Gasteiger partial charge in [0.1, 0.15) is 0 Å². The third-order valence-electron chi connectivity index (χ3n) is 5.05. The molecular formula is C25H25BrO. The molecule has 3 rings (SSSR count). The molecule has 0 N–H and O–H groups in total. The lowest BCUT2D eigenvalue weighted by Crippen LogP contribution is -2.06. The van der Waals surface area contributed by atoms with Gasteiger partial charge in [-0.05, 0) is 46.7 Å². The van der Waals surface area contributed by atoms with Gasteiger partial charge in [0.25, 0.3) is 0 Å². The molecule has 0 aliphatic heterocycles. The van der Waals surface area contributed by atoms with Gasteiger partial charge in [-0.3, -0.25) is 4.79 Å². The lowest BCUT2D eigenvalue weighted by Gasteiger charge is -2.11. The van der Waals surface area contributed by atoms with Gasteiger partial charge in [0.2, 0.25) is 0 Å². The number of Topliss-reactive ketones (excluding diaryl/α,β-unsaturated/α-hetero) is 1. The van der Waals surface area contributed by atoms with Crippen LogP contribution in [0, 0.1) is 5.92 Å². The van der Waals surface area contributed by atoms with Crippen molar-refractivity contribution in [1.82, 2.24) is 0 Å². The van der Waals surface area contributed by atoms with Crippen LogP contribution >= 0.6 is 15.9 Å². The highest BCUT2D eigenvalue weighted by Gasteiger charge is 2.13. The summed E-state index contributed by atoms with van der Waals surface area (Å²) < 4.78 is 1.03. The fourth-order valence-corrected chi connectivity index (χ4v) is 3.49. The molecule has 27 heavy (non-hydrogen) atoms. The van der Waals surface area contributed by atoms with E-state index >= 15 is 0 Å². The smallest absolute Gasteiger partial charge is 0.167 e. The molecule has 0 aliphatic carbocycles. The van der Waals surface area contributed by atoms with Crippen molar-refractivity contribution < 1.29 is 4.79 Å². The largest absolute Gasteiger partial charge is 0.294 e. The molecule has 0 amide bonds. The van der Waals surface area contributed by atoms with Crippen LogP contribution in [-0.2, 0) is 12.8 Å². The lowest BCUT2D eigenvalue weighted by atomic mass is 9.93. The Labute approximate surface area is 170 Å². The molecule has 0 heterocycles. The summed E-state index contributed by atoms with van der Waals surface area (Å²) in [5.41, 5.74) is 5.24. The highest BCUT2D eigenvalue weighted by molar-refractivity contribution is 9.10. The number of carbonyl (C=O) groups is 1. The molecule has 0 aliphatic rings. The minimum atomic E-state index is 0.156. The van der Waals surface area contributed by atoms with E-state index in [1.165, 1.54) is 12.0 Å². The van der Waals surface area contributed by atoms with Crippen molar-refractivity contribution in [3.63, 3.8) is 0 Å². The first-order chi connectivity index (χ1) is 13.1. The van der Waals surface area contributed by atoms with E-state index in [-0.39, 0.29) is 5.78 Å². The average Bonchev–Trinajstić information content (AvgIpc) is 2.70. The summed E-state index contributed by atoms with van der Waals surface area (Å²) in [6.45, 7) is 4.50. The molecule has 2 heteroatoms. The molecule has 0 fully saturated rings. The third-order valence-corrected chi connectivity index (χ3v) is 5.58. The van der Waals surface area contributed by atoms with Crippen molar-refractivity contribution in [2.75, 3.05) is 0 Å². The van der Waals surface area contributed by atoms with Crippen LogP contribution in [0.5, 0.6) is 0 Å². The number of carbonyl (C=O) groups excluding carboxylic acids is 1. The van der Waals surface area contributed by atoms with Crippen LogP contribution in [-0.4, -0.2) is 5.78 Å². The molecule has 0 saturated carbocycles. The highest BCUT2D eigenvalue weighted by atomic mass is 79.9. The molecule has 138 valence electrons. The summed E-state index contributed by atoms with van der Waals surface area (Å²) >= 11 is 3.47. The van der Waals surface area contributed by atoms with Crippen molar-refractivity contribution in [2.24, 2.45) is 5.92 Å². The molecule has 1 unspecified atom stereocenters. The van der Waals surface area contributed by atoms with E-state index in [9.17, 15) is 4.79 Å². The van der Waals surface area contributed by atoms with E-state index in [0.717, 1.165) is 33.1 Å². The number of rotatable bonds is 7. The number of hydrogen-bond donors (Lipinski definition) is 0. The number of benzene rings is 3. The normalized spacial score (nSPS) is 12.0. The second-order valence-corrected chi connectivity index (χ2v) is 8.10. The van der Waals surface area contributed by atoms with Crippen molar-refractivity contribution >= 4 is 21.7 Å². The molecule has 0 bridgehead atoms. The van der Waals surface area contributed by atoms with Gasteiger partial charge in [0.05, 0.1) is 0 Å². The van der Waals surface area contributed by atoms with Crippen LogP contribution in [0.3, 0.4) is 0 Å². The Morgan fingerprint density at radius 1 is 0.889 bits per heavy atom. The predicted molar refractivity (Wildman–Crippen MR) is 117 cm³/mol. The summed E-state index contributed by atoms with van der Waals surface area (Å²) in [5, 5.41) is 0. The Balaban J connectivity index is 1.78. The zero-order chi connectivity index (χ0) is 19.2. The molecule has 1 nitrogen and oxygen atoms in total. The lowest BCUT2D eigenvalue weighted by molar-refractivity contribution is 0.0993. The van der Waals surface area contributed by atoms with E-state index in [1.807, 2.05) is 48.5 Å². The van der Waals surface area contributed by atoms with E-state index in [4.69, 9.17) is 0 Å². The molecule has 0 spiro atoms. The summed E-state index contributed by atoms with van der Waals surface area (Å²) in [5.74, 6) is 0.846. The number of hydrogen-bond acceptors (Lipinski definition) is 1. The number of ketones is 1. The summed E-state index contributed by atoms with van der Waals surface area (Å²) in [6, 6.07) is 24.5. The monoisotopic (exact) mass is 420 g/mol. The first-order valence-corrected chi connectivity index (χ1v) is 10.3. The maximum Gasteiger partial charge on any atom is 0.167 e. The second kappa shape index (κ2) is 9.14. The van der Waals surface area contributed by atoms with Gasteiger partial charge >= 0.3 is 0 Å². The summed E-state index contributed by atoms with van der Waals surface area (Å²) in [4.78, 5) is 13.0. The fraction of sp³-hybridized carbons (Fsp3) is 0.240. The van der Waals surface area contributed by atoms with Crippen molar-refractivity contribution in [2.45, 2.75) is 33.1 Å². The molecular weight excluding hydrogens is 396 g/mol. The maximum absolute atomic E-state index is 13.0. The molecule has 0 radical (unpaired) electrons. The molecule has 0 aromatic heterocycles. The van der Waals surface area contributed by atoms with Gasteiger partial charge < -0.3 is 0 Å². The number of halogens is 1. The SMILES string of the molecule is CCC(C)Cc1ccc(CC(=O)c2ccccc2-c2ccc(Br)cc2)cc1. The standard InChI is InChI=1S/C25H25BrO/c1-3-18(2)16-19-8-10-20(11-9-19)17-25(27)24-7-5-4-6-23(24)21-12-14-22(26)15-13-21/h4-15,18H,3,16-17H2,1-2H3. The zero-order valence-electron chi connectivity index (χ0n) is 15.9. The van der Waals surface area contributed by atoms with Crippen LogP contribution in [0.25, 0.3) is 11.1 Å². The minimum absolute atomic E-state index is 0.156. The Hall–Kier alpha value is -2.19. The zero-order valence-corrected chi connectivity index (χ0v) is 17.5. The van der Waals surface area contributed by atoms with Crippen LogP contribution in [0.15, 0.2) is 77.3 Å². The van der Waals surface area contributed by atoms with E-state index in [1.54, 1.807) is 0 Å². The Morgan fingerprint density at radius 2 is 1.52 bits per heavy atom. The van der Waals surface area contributed by atoms with Gasteiger partial charge in [-0.25, -0.2) is 0 Å². The summed E-state index contributed by atoms with van der Waals surface area (Å²) in [6.07, 6.45) is 2.71. The highest BCUT2D eigenvalue weighted by Crippen LogP contribution is 2.26. The average molecular weight is 421 g/mol. The topological polar surface area (TPSA) is 17.1 Å². The van der Waals surface area contributed by atoms with E-state index in [0.29, 0.717) is 12.3 Å². The van der Waals surface area contributed by atoms with E-state index < -0.39 is 0 Å². The first kappa shape index (κ1) is 19.6. The second-order valence-electron chi connectivity index (χ2n) is 7.19. The van der Waals surface area contributed by atoms with Gasteiger partial charge in [-0.1, -0.05) is 96.9 Å². The van der Waals surface area contributed by atoms with Crippen LogP contribution in [0.2, 0.25) is 0 Å². The Morgan fingerprint density at radius 3 is 2.19 bits per heavy atom. The molecule has 3 aromatic carbocycles. The van der Waals surface area contributed by atoms with Crippen LogP contribution < -0.4 is 0 Å². The predicted octanol–water partition coefficient (Wildman–Crippen LogP) is 7.13. The van der Waals surface area contributed by atoms with Crippen LogP contribution in [0.1, 0.15) is 41.8 Å². The Bertz CT molecular complexity index is 894. The van der Waals surface area contributed by atoms with Gasteiger partial charge in [-0.2, -0.15) is 0 Å². The minimum Gasteiger partial charge on any atom is -0.294 e. The summed E-state index contributed by atoms with van der Waals surface area (Å²) in [7, 11) is 0. The molecule has 0 saturated heterocycles. The van der Waals surface area contributed by atoms with Crippen molar-refractivity contribution in [1.29, 1.82) is 0 Å². The molecule has 3 aromatic rings. The van der Waals surface area contributed by atoms with Gasteiger partial charge in [-0.15, -0.1) is 0 Å².